The van der Waals surface area contributed by atoms with Crippen LogP contribution in [0.3, 0.4) is 0 Å². The molecule has 1 fully saturated rings. The first-order chi connectivity index (χ1) is 16.7. The molecule has 200 valence electrons. The molecule has 0 aliphatic carbocycles. The Hall–Kier alpha value is -2.77. The molecular formula is C23H28F5N3O5. The van der Waals surface area contributed by atoms with Gasteiger partial charge < -0.3 is 24.6 Å². The summed E-state index contributed by atoms with van der Waals surface area (Å²) in [5.74, 6) is -6.88. The molecular weight excluding hydrogens is 493 g/mol. The Morgan fingerprint density at radius 1 is 1.33 bits per heavy atom. The Kier molecular flexibility index (Phi) is 7.96. The predicted octanol–water partition coefficient (Wildman–Crippen LogP) is 3.56. The summed E-state index contributed by atoms with van der Waals surface area (Å²) in [7, 11) is 2.47. The van der Waals surface area contributed by atoms with Gasteiger partial charge in [-0.15, -0.1) is 0 Å². The van der Waals surface area contributed by atoms with Crippen molar-refractivity contribution in [3.05, 3.63) is 41.2 Å². The van der Waals surface area contributed by atoms with Gasteiger partial charge in [0, 0.05) is 30.7 Å². The number of aliphatic hydroxyl groups excluding tert-OH is 1. The summed E-state index contributed by atoms with van der Waals surface area (Å²) in [6, 6.07) is 1.85. The number of amides is 1. The molecule has 0 radical (unpaired) electrons. The van der Waals surface area contributed by atoms with E-state index >= 15 is 0 Å². The van der Waals surface area contributed by atoms with Crippen LogP contribution in [-0.2, 0) is 20.8 Å². The van der Waals surface area contributed by atoms with Crippen LogP contribution in [0.2, 0.25) is 0 Å². The van der Waals surface area contributed by atoms with E-state index in [1.54, 1.807) is 6.92 Å². The highest BCUT2D eigenvalue weighted by Crippen LogP contribution is 2.55. The SMILES string of the molecule is COC[C@H](O)Cn1cc(NC(=O)[C@@H]2O[C@@](C)(C(F)(F)F)[C@@H](C)[C@H]2c2ccc(F)c(F)c2OC)c(C)n1. The van der Waals surface area contributed by atoms with Gasteiger partial charge in [-0.05, 0) is 19.9 Å². The van der Waals surface area contributed by atoms with Gasteiger partial charge in [-0.3, -0.25) is 9.48 Å². The zero-order chi connectivity index (χ0) is 27.0. The molecule has 0 bridgehead atoms. The minimum atomic E-state index is -4.87. The van der Waals surface area contributed by atoms with E-state index in [9.17, 15) is 31.9 Å². The van der Waals surface area contributed by atoms with Crippen molar-refractivity contribution in [3.8, 4) is 5.75 Å². The van der Waals surface area contributed by atoms with Gasteiger partial charge in [-0.25, -0.2) is 4.39 Å². The molecule has 1 aliphatic heterocycles. The fraction of sp³-hybridized carbons (Fsp3) is 0.565. The van der Waals surface area contributed by atoms with E-state index in [2.05, 4.69) is 10.4 Å². The fourth-order valence-corrected chi connectivity index (χ4v) is 4.44. The van der Waals surface area contributed by atoms with Crippen molar-refractivity contribution in [1.82, 2.24) is 9.78 Å². The molecule has 0 unspecified atom stereocenters. The van der Waals surface area contributed by atoms with E-state index in [0.717, 1.165) is 26.2 Å². The summed E-state index contributed by atoms with van der Waals surface area (Å²) >= 11 is 0. The lowest BCUT2D eigenvalue weighted by Crippen LogP contribution is -2.47. The largest absolute Gasteiger partial charge is 0.493 e. The average molecular weight is 521 g/mol. The van der Waals surface area contributed by atoms with E-state index in [1.165, 1.54) is 24.9 Å². The molecule has 2 N–H and O–H groups in total. The number of alkyl halides is 3. The molecule has 2 aromatic rings. The maximum Gasteiger partial charge on any atom is 0.417 e. The molecule has 13 heteroatoms. The molecule has 5 atom stereocenters. The van der Waals surface area contributed by atoms with Gasteiger partial charge in [0.2, 0.25) is 5.82 Å². The predicted molar refractivity (Wildman–Crippen MR) is 118 cm³/mol. The molecule has 1 aromatic heterocycles. The van der Waals surface area contributed by atoms with E-state index in [-0.39, 0.29) is 24.4 Å². The highest BCUT2D eigenvalue weighted by molar-refractivity contribution is 5.95. The van der Waals surface area contributed by atoms with Crippen LogP contribution >= 0.6 is 0 Å². The molecule has 1 aliphatic rings. The number of aromatic nitrogens is 2. The minimum Gasteiger partial charge on any atom is -0.493 e. The Balaban J connectivity index is 1.99. The van der Waals surface area contributed by atoms with Gasteiger partial charge in [0.25, 0.3) is 5.91 Å². The third kappa shape index (κ3) is 5.04. The maximum absolute atomic E-state index is 14.5. The van der Waals surface area contributed by atoms with Gasteiger partial charge in [0.05, 0.1) is 37.7 Å². The van der Waals surface area contributed by atoms with Gasteiger partial charge in [-0.1, -0.05) is 13.0 Å². The Labute approximate surface area is 204 Å². The van der Waals surface area contributed by atoms with Crippen LogP contribution in [0.5, 0.6) is 5.75 Å². The topological polar surface area (TPSA) is 94.8 Å². The van der Waals surface area contributed by atoms with E-state index in [0.29, 0.717) is 5.69 Å². The number of carbonyl (C=O) groups is 1. The highest BCUT2D eigenvalue weighted by atomic mass is 19.4. The third-order valence-corrected chi connectivity index (χ3v) is 6.53. The normalized spacial score (nSPS) is 25.1. The van der Waals surface area contributed by atoms with Gasteiger partial charge in [-0.2, -0.15) is 22.7 Å². The van der Waals surface area contributed by atoms with Crippen LogP contribution in [0, 0.1) is 24.5 Å². The lowest BCUT2D eigenvalue weighted by molar-refractivity contribution is -0.272. The second-order valence-electron chi connectivity index (χ2n) is 8.89. The fourth-order valence-electron chi connectivity index (χ4n) is 4.44. The van der Waals surface area contributed by atoms with Crippen molar-refractivity contribution in [2.75, 3.05) is 26.1 Å². The minimum absolute atomic E-state index is 0.0438. The molecule has 0 spiro atoms. The third-order valence-electron chi connectivity index (χ3n) is 6.53. The second-order valence-corrected chi connectivity index (χ2v) is 8.89. The average Bonchev–Trinajstić information content (AvgIpc) is 3.26. The Bertz CT molecular complexity index is 1110. The first kappa shape index (κ1) is 27.8. The number of halogens is 5. The number of benzene rings is 1. The first-order valence-electron chi connectivity index (χ1n) is 11.0. The van der Waals surface area contributed by atoms with Crippen molar-refractivity contribution in [2.45, 2.75) is 57.2 Å². The van der Waals surface area contributed by atoms with Crippen LogP contribution in [0.1, 0.15) is 31.0 Å². The summed E-state index contributed by atoms with van der Waals surface area (Å²) in [6.07, 6.45) is -6.08. The van der Waals surface area contributed by atoms with Crippen LogP contribution in [0.4, 0.5) is 27.6 Å². The summed E-state index contributed by atoms with van der Waals surface area (Å²) < 4.78 is 87.0. The first-order valence-corrected chi connectivity index (χ1v) is 11.0. The number of anilines is 1. The zero-order valence-corrected chi connectivity index (χ0v) is 20.3. The van der Waals surface area contributed by atoms with Crippen LogP contribution in [0.25, 0.3) is 0 Å². The number of hydrogen-bond donors (Lipinski definition) is 2. The van der Waals surface area contributed by atoms with Crippen molar-refractivity contribution >= 4 is 11.6 Å². The molecule has 8 nitrogen and oxygen atoms in total. The van der Waals surface area contributed by atoms with Gasteiger partial charge in [0.1, 0.15) is 6.10 Å². The lowest BCUT2D eigenvalue weighted by atomic mass is 9.77. The monoisotopic (exact) mass is 521 g/mol. The molecule has 0 saturated carbocycles. The number of rotatable bonds is 8. The van der Waals surface area contributed by atoms with E-state index in [4.69, 9.17) is 14.2 Å². The molecule has 36 heavy (non-hydrogen) atoms. The van der Waals surface area contributed by atoms with Gasteiger partial charge in [0.15, 0.2) is 17.2 Å². The van der Waals surface area contributed by atoms with Crippen molar-refractivity contribution in [2.24, 2.45) is 5.92 Å². The van der Waals surface area contributed by atoms with Crippen LogP contribution in [-0.4, -0.2) is 65.6 Å². The number of ether oxygens (including phenoxy) is 3. The molecule has 1 saturated heterocycles. The van der Waals surface area contributed by atoms with Crippen LogP contribution < -0.4 is 10.1 Å². The highest BCUT2D eigenvalue weighted by Gasteiger charge is 2.66. The molecule has 1 aromatic carbocycles. The lowest BCUT2D eigenvalue weighted by Gasteiger charge is -2.32. The number of carbonyl (C=O) groups excluding carboxylic acids is 1. The van der Waals surface area contributed by atoms with E-state index < -0.39 is 59.1 Å². The maximum atomic E-state index is 14.5. The smallest absolute Gasteiger partial charge is 0.417 e. The Morgan fingerprint density at radius 2 is 2.00 bits per heavy atom. The molecule has 1 amide bonds. The summed E-state index contributed by atoms with van der Waals surface area (Å²) in [4.78, 5) is 13.3. The second kappa shape index (κ2) is 10.3. The van der Waals surface area contributed by atoms with Crippen molar-refractivity contribution < 1.29 is 46.1 Å². The standard InChI is InChI=1S/C23H28F5N3O5/c1-11-17(14-6-7-15(24)18(25)19(14)35-5)20(36-22(11,3)23(26,27)28)21(33)29-16-9-31(30-12(16)2)8-13(32)10-34-4/h6-7,9,11,13,17,20,32H,8,10H2,1-5H3,(H,29,33)/t11-,13+,17-,20+,22+/m0/s1. The summed E-state index contributed by atoms with van der Waals surface area (Å²) in [5.41, 5.74) is -2.39. The van der Waals surface area contributed by atoms with E-state index in [1.807, 2.05) is 0 Å². The summed E-state index contributed by atoms with van der Waals surface area (Å²) in [5, 5.41) is 16.6. The number of hydrogen-bond acceptors (Lipinski definition) is 6. The number of methoxy groups -OCH3 is 2. The van der Waals surface area contributed by atoms with Crippen molar-refractivity contribution in [1.29, 1.82) is 0 Å². The number of nitrogens with zero attached hydrogens (tertiary/aromatic N) is 2. The quantitative estimate of drug-likeness (QED) is 0.516. The zero-order valence-electron chi connectivity index (χ0n) is 20.3. The van der Waals surface area contributed by atoms with Crippen LogP contribution in [0.15, 0.2) is 18.3 Å². The number of nitrogens with one attached hydrogen (secondary N) is 1. The number of aliphatic hydroxyl groups is 1. The van der Waals surface area contributed by atoms with Crippen molar-refractivity contribution in [3.63, 3.8) is 0 Å². The molecule has 3 rings (SSSR count). The summed E-state index contributed by atoms with van der Waals surface area (Å²) in [6.45, 7) is 3.69. The Morgan fingerprint density at radius 3 is 2.58 bits per heavy atom. The van der Waals surface area contributed by atoms with Gasteiger partial charge >= 0.3 is 6.18 Å². The molecule has 2 heterocycles. The number of aryl methyl sites for hydroxylation is 1.